The van der Waals surface area contributed by atoms with Crippen molar-refractivity contribution in [2.75, 3.05) is 0 Å². The van der Waals surface area contributed by atoms with Gasteiger partial charge in [-0.25, -0.2) is 4.79 Å². The van der Waals surface area contributed by atoms with Crippen molar-refractivity contribution in [3.05, 3.63) is 66.4 Å². The molecule has 3 aromatic rings. The summed E-state index contributed by atoms with van der Waals surface area (Å²) in [7, 11) is 0. The lowest BCUT2D eigenvalue weighted by atomic mass is 10.2. The number of nitrogens with zero attached hydrogens (tertiary/aromatic N) is 1. The molecule has 2 aromatic carbocycles. The van der Waals surface area contributed by atoms with Crippen LogP contribution in [0.5, 0.6) is 0 Å². The number of carboxylic acids is 1. The summed E-state index contributed by atoms with van der Waals surface area (Å²) in [6.07, 6.45) is 1.67. The maximum absolute atomic E-state index is 11.2. The van der Waals surface area contributed by atoms with Crippen LogP contribution < -0.4 is 0 Å². The molecule has 3 nitrogen and oxygen atoms in total. The SMILES string of the molecule is O=C(O)c1cn(-c2ccccc2)c2ccccc12. The van der Waals surface area contributed by atoms with E-state index in [0.717, 1.165) is 16.6 Å². The van der Waals surface area contributed by atoms with Gasteiger partial charge in [-0.3, -0.25) is 0 Å². The highest BCUT2D eigenvalue weighted by Crippen LogP contribution is 2.24. The minimum atomic E-state index is -0.902. The number of fused-ring (bicyclic) bond motifs is 1. The van der Waals surface area contributed by atoms with Crippen LogP contribution in [0.1, 0.15) is 10.4 Å². The highest BCUT2D eigenvalue weighted by molar-refractivity contribution is 6.04. The fourth-order valence-corrected chi connectivity index (χ4v) is 2.15. The first kappa shape index (κ1) is 10.6. The molecule has 0 radical (unpaired) electrons. The Morgan fingerprint density at radius 3 is 2.33 bits per heavy atom. The summed E-state index contributed by atoms with van der Waals surface area (Å²) >= 11 is 0. The van der Waals surface area contributed by atoms with Crippen LogP contribution in [0.25, 0.3) is 16.6 Å². The maximum Gasteiger partial charge on any atom is 0.337 e. The van der Waals surface area contributed by atoms with E-state index in [1.165, 1.54) is 0 Å². The van der Waals surface area contributed by atoms with Crippen molar-refractivity contribution in [2.24, 2.45) is 0 Å². The minimum Gasteiger partial charge on any atom is -0.478 e. The van der Waals surface area contributed by atoms with Gasteiger partial charge in [0.2, 0.25) is 0 Å². The van der Waals surface area contributed by atoms with Gasteiger partial charge in [0.1, 0.15) is 0 Å². The lowest BCUT2D eigenvalue weighted by Gasteiger charge is -2.04. The summed E-state index contributed by atoms with van der Waals surface area (Å²) in [4.78, 5) is 11.2. The van der Waals surface area contributed by atoms with Crippen LogP contribution >= 0.6 is 0 Å². The lowest BCUT2D eigenvalue weighted by molar-refractivity contribution is 0.0699. The van der Waals surface area contributed by atoms with Crippen molar-refractivity contribution >= 4 is 16.9 Å². The molecule has 0 fully saturated rings. The number of rotatable bonds is 2. The standard InChI is InChI=1S/C15H11NO2/c17-15(18)13-10-16(11-6-2-1-3-7-11)14-9-5-4-8-12(13)14/h1-10H,(H,17,18). The van der Waals surface area contributed by atoms with Gasteiger partial charge in [-0.1, -0.05) is 36.4 Å². The van der Waals surface area contributed by atoms with E-state index >= 15 is 0 Å². The van der Waals surface area contributed by atoms with Crippen LogP contribution in [0.3, 0.4) is 0 Å². The van der Waals surface area contributed by atoms with Gasteiger partial charge in [-0.15, -0.1) is 0 Å². The third-order valence-corrected chi connectivity index (χ3v) is 2.98. The second kappa shape index (κ2) is 4.04. The van der Waals surface area contributed by atoms with Crippen LogP contribution in [0, 0.1) is 0 Å². The Balaban J connectivity index is 2.34. The molecule has 88 valence electrons. The summed E-state index contributed by atoms with van der Waals surface area (Å²) in [6, 6.07) is 17.2. The van der Waals surface area contributed by atoms with E-state index in [1.54, 1.807) is 6.20 Å². The summed E-state index contributed by atoms with van der Waals surface area (Å²) in [6.45, 7) is 0. The molecule has 0 atom stereocenters. The molecule has 0 aliphatic rings. The fourth-order valence-electron chi connectivity index (χ4n) is 2.15. The lowest BCUT2D eigenvalue weighted by Crippen LogP contribution is -1.94. The molecule has 0 saturated carbocycles. The van der Waals surface area contributed by atoms with E-state index in [4.69, 9.17) is 0 Å². The molecule has 0 saturated heterocycles. The Bertz CT molecular complexity index is 714. The summed E-state index contributed by atoms with van der Waals surface area (Å²) in [5, 5.41) is 9.99. The number of para-hydroxylation sites is 2. The average molecular weight is 237 g/mol. The molecule has 0 aliphatic heterocycles. The van der Waals surface area contributed by atoms with E-state index in [-0.39, 0.29) is 0 Å². The number of benzene rings is 2. The van der Waals surface area contributed by atoms with Gasteiger partial charge in [-0.2, -0.15) is 0 Å². The second-order valence-electron chi connectivity index (χ2n) is 4.07. The summed E-state index contributed by atoms with van der Waals surface area (Å²) in [5.74, 6) is -0.902. The molecule has 0 amide bonds. The van der Waals surface area contributed by atoms with Gasteiger partial charge in [0.05, 0.1) is 11.1 Å². The molecule has 3 rings (SSSR count). The van der Waals surface area contributed by atoms with Crippen LogP contribution in [-0.2, 0) is 0 Å². The Kier molecular flexibility index (Phi) is 2.38. The van der Waals surface area contributed by atoms with Crippen molar-refractivity contribution in [3.63, 3.8) is 0 Å². The highest BCUT2D eigenvalue weighted by atomic mass is 16.4. The van der Waals surface area contributed by atoms with Gasteiger partial charge in [0, 0.05) is 17.3 Å². The number of carboxylic acid groups (broad SMARTS) is 1. The normalized spacial score (nSPS) is 10.7. The first-order valence-electron chi connectivity index (χ1n) is 5.66. The molecule has 18 heavy (non-hydrogen) atoms. The van der Waals surface area contributed by atoms with Crippen LogP contribution in [0.2, 0.25) is 0 Å². The summed E-state index contributed by atoms with van der Waals surface area (Å²) in [5.41, 5.74) is 2.19. The zero-order valence-corrected chi connectivity index (χ0v) is 9.58. The average Bonchev–Trinajstić information content (AvgIpc) is 2.79. The number of aromatic nitrogens is 1. The van der Waals surface area contributed by atoms with Gasteiger partial charge >= 0.3 is 5.97 Å². The number of carbonyl (C=O) groups is 1. The van der Waals surface area contributed by atoms with Crippen molar-refractivity contribution in [1.29, 1.82) is 0 Å². The van der Waals surface area contributed by atoms with Gasteiger partial charge < -0.3 is 9.67 Å². The third-order valence-electron chi connectivity index (χ3n) is 2.98. The highest BCUT2D eigenvalue weighted by Gasteiger charge is 2.13. The Morgan fingerprint density at radius 2 is 1.61 bits per heavy atom. The van der Waals surface area contributed by atoms with E-state index in [0.29, 0.717) is 5.56 Å². The van der Waals surface area contributed by atoms with Gasteiger partial charge in [-0.05, 0) is 18.2 Å². The molecule has 0 bridgehead atoms. The first-order valence-corrected chi connectivity index (χ1v) is 5.66. The number of hydrogen-bond donors (Lipinski definition) is 1. The Hall–Kier alpha value is -2.55. The zero-order valence-electron chi connectivity index (χ0n) is 9.58. The Morgan fingerprint density at radius 1 is 0.944 bits per heavy atom. The van der Waals surface area contributed by atoms with E-state index in [1.807, 2.05) is 59.2 Å². The molecule has 3 heteroatoms. The van der Waals surface area contributed by atoms with Crippen molar-refractivity contribution in [3.8, 4) is 5.69 Å². The van der Waals surface area contributed by atoms with Crippen molar-refractivity contribution < 1.29 is 9.90 Å². The van der Waals surface area contributed by atoms with Crippen LogP contribution in [0.4, 0.5) is 0 Å². The fraction of sp³-hybridized carbons (Fsp3) is 0. The second-order valence-corrected chi connectivity index (χ2v) is 4.07. The van der Waals surface area contributed by atoms with E-state index in [2.05, 4.69) is 0 Å². The quantitative estimate of drug-likeness (QED) is 0.742. The van der Waals surface area contributed by atoms with E-state index in [9.17, 15) is 9.90 Å². The largest absolute Gasteiger partial charge is 0.478 e. The monoisotopic (exact) mass is 237 g/mol. The summed E-state index contributed by atoms with van der Waals surface area (Å²) < 4.78 is 1.90. The van der Waals surface area contributed by atoms with Gasteiger partial charge in [0.25, 0.3) is 0 Å². The molecule has 0 spiro atoms. The van der Waals surface area contributed by atoms with Gasteiger partial charge in [0.15, 0.2) is 0 Å². The third kappa shape index (κ3) is 1.57. The molecule has 1 N–H and O–H groups in total. The maximum atomic E-state index is 11.2. The smallest absolute Gasteiger partial charge is 0.337 e. The molecule has 1 aromatic heterocycles. The predicted octanol–water partition coefficient (Wildman–Crippen LogP) is 3.33. The first-order chi connectivity index (χ1) is 8.77. The van der Waals surface area contributed by atoms with E-state index < -0.39 is 5.97 Å². The molecular formula is C15H11NO2. The molecular weight excluding hydrogens is 226 g/mol. The molecule has 0 aliphatic carbocycles. The number of aromatic carboxylic acids is 1. The van der Waals surface area contributed by atoms with Crippen molar-refractivity contribution in [1.82, 2.24) is 4.57 Å². The molecule has 1 heterocycles. The predicted molar refractivity (Wildman–Crippen MR) is 70.2 cm³/mol. The topological polar surface area (TPSA) is 42.2 Å². The van der Waals surface area contributed by atoms with Crippen LogP contribution in [-0.4, -0.2) is 15.6 Å². The number of hydrogen-bond acceptors (Lipinski definition) is 1. The molecule has 0 unspecified atom stereocenters. The minimum absolute atomic E-state index is 0.328. The van der Waals surface area contributed by atoms with Crippen LogP contribution in [0.15, 0.2) is 60.8 Å². The zero-order chi connectivity index (χ0) is 12.5. The Labute approximate surface area is 104 Å². The van der Waals surface area contributed by atoms with Crippen molar-refractivity contribution in [2.45, 2.75) is 0 Å².